The third kappa shape index (κ3) is 4.35. The molecule has 2 saturated heterocycles. The number of nitrogens with zero attached hydrogens (tertiary/aromatic N) is 1. The van der Waals surface area contributed by atoms with Crippen molar-refractivity contribution < 1.29 is 14.7 Å². The molecule has 0 saturated carbocycles. The zero-order valence-electron chi connectivity index (χ0n) is 16.5. The van der Waals surface area contributed by atoms with Gasteiger partial charge in [-0.1, -0.05) is 42.5 Å². The molecule has 1 amide bonds. The van der Waals surface area contributed by atoms with Crippen LogP contribution in [0.4, 0.5) is 0 Å². The van der Waals surface area contributed by atoms with E-state index in [1.807, 2.05) is 42.5 Å². The topological polar surface area (TPSA) is 83.6 Å². The van der Waals surface area contributed by atoms with Crippen LogP contribution in [0.25, 0.3) is 0 Å². The molecular formula is C24H28N2O3. The number of hydrogen-bond donors (Lipinski definition) is 2. The molecule has 5 heteroatoms. The van der Waals surface area contributed by atoms with Gasteiger partial charge in [0.05, 0.1) is 5.92 Å². The molecule has 1 unspecified atom stereocenters. The summed E-state index contributed by atoms with van der Waals surface area (Å²) < 4.78 is 0. The van der Waals surface area contributed by atoms with E-state index >= 15 is 0 Å². The van der Waals surface area contributed by atoms with Crippen molar-refractivity contribution in [3.05, 3.63) is 71.3 Å². The highest BCUT2D eigenvalue weighted by Crippen LogP contribution is 2.43. The third-order valence-corrected chi connectivity index (χ3v) is 6.63. The van der Waals surface area contributed by atoms with Crippen molar-refractivity contribution in [1.82, 2.24) is 4.90 Å². The van der Waals surface area contributed by atoms with Crippen molar-refractivity contribution >= 4 is 11.9 Å². The van der Waals surface area contributed by atoms with Gasteiger partial charge in [0.15, 0.2) is 0 Å². The molecule has 152 valence electrons. The molecule has 3 N–H and O–H groups in total. The van der Waals surface area contributed by atoms with E-state index in [1.54, 1.807) is 6.07 Å². The first-order valence-electron chi connectivity index (χ1n) is 10.4. The monoisotopic (exact) mass is 392 g/mol. The lowest BCUT2D eigenvalue weighted by atomic mass is 9.83. The molecule has 2 fully saturated rings. The number of carboxylic acids is 1. The number of carboxylic acid groups (broad SMARTS) is 1. The highest BCUT2D eigenvalue weighted by Gasteiger charge is 2.42. The van der Waals surface area contributed by atoms with E-state index in [0.29, 0.717) is 36.5 Å². The maximum Gasteiger partial charge on any atom is 0.308 e. The molecule has 2 aliphatic rings. The van der Waals surface area contributed by atoms with Gasteiger partial charge in [0.25, 0.3) is 0 Å². The van der Waals surface area contributed by atoms with Gasteiger partial charge in [-0.05, 0) is 61.3 Å². The first kappa shape index (κ1) is 19.6. The molecule has 0 radical (unpaired) electrons. The SMILES string of the molecule is NC(=O)c1cccc([C@H]2C[C@H]3CC[C@@H](C2)N3CC(Cc2ccccc2)C(=O)O)c1. The van der Waals surface area contributed by atoms with Gasteiger partial charge in [-0.15, -0.1) is 0 Å². The van der Waals surface area contributed by atoms with Crippen molar-refractivity contribution in [3.8, 4) is 0 Å². The van der Waals surface area contributed by atoms with Crippen LogP contribution in [0.2, 0.25) is 0 Å². The van der Waals surface area contributed by atoms with Gasteiger partial charge in [0, 0.05) is 24.2 Å². The number of nitrogens with two attached hydrogens (primary N) is 1. The maximum absolute atomic E-state index is 11.9. The smallest absolute Gasteiger partial charge is 0.308 e. The fourth-order valence-corrected chi connectivity index (χ4v) is 5.17. The molecule has 5 nitrogen and oxygen atoms in total. The number of benzene rings is 2. The summed E-state index contributed by atoms with van der Waals surface area (Å²) >= 11 is 0. The number of primary amides is 1. The quantitative estimate of drug-likeness (QED) is 0.756. The Kier molecular flexibility index (Phi) is 5.67. The molecule has 0 aromatic heterocycles. The second kappa shape index (κ2) is 8.37. The number of aliphatic carboxylic acids is 1. The van der Waals surface area contributed by atoms with Crippen LogP contribution in [0.3, 0.4) is 0 Å². The van der Waals surface area contributed by atoms with E-state index in [9.17, 15) is 14.7 Å². The Hall–Kier alpha value is -2.66. The van der Waals surface area contributed by atoms with Crippen LogP contribution in [0, 0.1) is 5.92 Å². The summed E-state index contributed by atoms with van der Waals surface area (Å²) in [7, 11) is 0. The first-order valence-corrected chi connectivity index (χ1v) is 10.4. The first-order chi connectivity index (χ1) is 14.0. The maximum atomic E-state index is 11.9. The molecule has 4 atom stereocenters. The number of rotatable bonds is 7. The van der Waals surface area contributed by atoms with Gasteiger partial charge in [-0.2, -0.15) is 0 Å². The standard InChI is InChI=1S/C24H28N2O3/c25-23(27)18-8-4-7-17(12-18)19-13-21-9-10-22(14-19)26(21)15-20(24(28)29)11-16-5-2-1-3-6-16/h1-8,12,19-22H,9-11,13-15H2,(H2,25,27)(H,28,29)/t19-,20?,21+,22-. The van der Waals surface area contributed by atoms with Crippen molar-refractivity contribution in [2.45, 2.75) is 50.1 Å². The Morgan fingerprint density at radius 2 is 1.72 bits per heavy atom. The summed E-state index contributed by atoms with van der Waals surface area (Å²) in [4.78, 5) is 25.9. The van der Waals surface area contributed by atoms with E-state index in [-0.39, 0.29) is 0 Å². The molecule has 2 aromatic rings. The van der Waals surface area contributed by atoms with E-state index in [4.69, 9.17) is 5.73 Å². The Balaban J connectivity index is 1.45. The number of carbonyl (C=O) groups excluding carboxylic acids is 1. The van der Waals surface area contributed by atoms with Crippen molar-refractivity contribution in [2.24, 2.45) is 11.7 Å². The van der Waals surface area contributed by atoms with Crippen LogP contribution in [0.1, 0.15) is 53.1 Å². The zero-order valence-corrected chi connectivity index (χ0v) is 16.5. The average molecular weight is 392 g/mol. The van der Waals surface area contributed by atoms with Crippen LogP contribution in [0.15, 0.2) is 54.6 Å². The summed E-state index contributed by atoms with van der Waals surface area (Å²) in [5, 5.41) is 9.80. The van der Waals surface area contributed by atoms with E-state index < -0.39 is 17.8 Å². The average Bonchev–Trinajstić information content (AvgIpc) is 2.95. The van der Waals surface area contributed by atoms with Crippen LogP contribution >= 0.6 is 0 Å². The number of fused-ring (bicyclic) bond motifs is 2. The highest BCUT2D eigenvalue weighted by atomic mass is 16.4. The zero-order chi connectivity index (χ0) is 20.4. The molecule has 29 heavy (non-hydrogen) atoms. The van der Waals surface area contributed by atoms with Crippen molar-refractivity contribution in [2.75, 3.05) is 6.54 Å². The van der Waals surface area contributed by atoms with E-state index in [1.165, 1.54) is 5.56 Å². The number of amides is 1. The molecule has 2 aromatic carbocycles. The van der Waals surface area contributed by atoms with Gasteiger partial charge in [0.1, 0.15) is 0 Å². The van der Waals surface area contributed by atoms with Crippen LogP contribution < -0.4 is 5.73 Å². The second-order valence-corrected chi connectivity index (χ2v) is 8.46. The minimum atomic E-state index is -0.718. The summed E-state index contributed by atoms with van der Waals surface area (Å²) in [6.45, 7) is 0.605. The Morgan fingerprint density at radius 3 is 2.34 bits per heavy atom. The summed E-state index contributed by atoms with van der Waals surface area (Å²) in [5.41, 5.74) is 8.26. The molecule has 0 spiro atoms. The fourth-order valence-electron chi connectivity index (χ4n) is 5.17. The van der Waals surface area contributed by atoms with E-state index in [2.05, 4.69) is 11.0 Å². The van der Waals surface area contributed by atoms with Crippen LogP contribution in [0.5, 0.6) is 0 Å². The third-order valence-electron chi connectivity index (χ3n) is 6.63. The Bertz CT molecular complexity index is 869. The molecule has 4 rings (SSSR count). The largest absolute Gasteiger partial charge is 0.481 e. The molecule has 2 heterocycles. The second-order valence-electron chi connectivity index (χ2n) is 8.46. The molecule has 0 aliphatic carbocycles. The lowest BCUT2D eigenvalue weighted by Gasteiger charge is -2.40. The molecule has 2 aliphatic heterocycles. The van der Waals surface area contributed by atoms with E-state index in [0.717, 1.165) is 31.2 Å². The summed E-state index contributed by atoms with van der Waals surface area (Å²) in [5.74, 6) is -1.10. The minimum absolute atomic E-state index is 0.391. The Labute approximate surface area is 171 Å². The number of carbonyl (C=O) groups is 2. The molecule has 2 bridgehead atoms. The Morgan fingerprint density at radius 1 is 1.03 bits per heavy atom. The molecular weight excluding hydrogens is 364 g/mol. The van der Waals surface area contributed by atoms with Gasteiger partial charge in [-0.3, -0.25) is 14.5 Å². The normalized spacial score (nSPS) is 24.9. The lowest BCUT2D eigenvalue weighted by Crippen LogP contribution is -2.46. The number of hydrogen-bond acceptors (Lipinski definition) is 3. The highest BCUT2D eigenvalue weighted by molar-refractivity contribution is 5.92. The van der Waals surface area contributed by atoms with Crippen molar-refractivity contribution in [1.29, 1.82) is 0 Å². The predicted octanol–water partition coefficient (Wildman–Crippen LogP) is 3.44. The predicted molar refractivity (Wildman–Crippen MR) is 112 cm³/mol. The summed E-state index contributed by atoms with van der Waals surface area (Å²) in [6, 6.07) is 18.4. The van der Waals surface area contributed by atoms with Crippen molar-refractivity contribution in [3.63, 3.8) is 0 Å². The van der Waals surface area contributed by atoms with Gasteiger partial charge >= 0.3 is 5.97 Å². The van der Waals surface area contributed by atoms with Gasteiger partial charge in [0.2, 0.25) is 5.91 Å². The fraction of sp³-hybridized carbons (Fsp3) is 0.417. The van der Waals surface area contributed by atoms with Crippen LogP contribution in [-0.2, 0) is 11.2 Å². The van der Waals surface area contributed by atoms with Gasteiger partial charge < -0.3 is 10.8 Å². The summed E-state index contributed by atoms with van der Waals surface area (Å²) in [6.07, 6.45) is 4.83. The van der Waals surface area contributed by atoms with Crippen LogP contribution in [-0.4, -0.2) is 40.5 Å². The number of piperidine rings is 1. The minimum Gasteiger partial charge on any atom is -0.481 e. The van der Waals surface area contributed by atoms with Gasteiger partial charge in [-0.25, -0.2) is 0 Å². The lowest BCUT2D eigenvalue weighted by molar-refractivity contribution is -0.142.